The quantitative estimate of drug-likeness (QED) is 0.773. The van der Waals surface area contributed by atoms with E-state index in [2.05, 4.69) is 15.7 Å². The van der Waals surface area contributed by atoms with Crippen molar-refractivity contribution >= 4 is 34.8 Å². The minimum atomic E-state index is -0.439. The lowest BCUT2D eigenvalue weighted by molar-refractivity contribution is -0.123. The van der Waals surface area contributed by atoms with E-state index >= 15 is 0 Å². The minimum absolute atomic E-state index is 0.0361. The summed E-state index contributed by atoms with van der Waals surface area (Å²) < 4.78 is 6.43. The van der Waals surface area contributed by atoms with Crippen molar-refractivity contribution in [3.63, 3.8) is 0 Å². The third-order valence-corrected chi connectivity index (χ3v) is 5.75. The molecule has 1 fully saturated rings. The van der Waals surface area contributed by atoms with E-state index in [0.717, 1.165) is 16.9 Å². The molecule has 134 valence electrons. The molecule has 2 aromatic heterocycles. The Hall–Kier alpha value is -1.90. The molecular formula is C16H19ClN4O3S. The van der Waals surface area contributed by atoms with E-state index in [1.54, 1.807) is 16.3 Å². The highest BCUT2D eigenvalue weighted by atomic mass is 35.5. The van der Waals surface area contributed by atoms with Crippen LogP contribution in [-0.4, -0.2) is 34.8 Å². The van der Waals surface area contributed by atoms with Crippen LogP contribution < -0.4 is 10.6 Å². The molecule has 2 aromatic rings. The summed E-state index contributed by atoms with van der Waals surface area (Å²) >= 11 is 7.69. The van der Waals surface area contributed by atoms with Crippen molar-refractivity contribution in [1.29, 1.82) is 0 Å². The summed E-state index contributed by atoms with van der Waals surface area (Å²) in [5.74, 6) is -0.403. The number of thiophene rings is 1. The number of hydrogen-bond acceptors (Lipinski definition) is 6. The summed E-state index contributed by atoms with van der Waals surface area (Å²) in [5, 5.41) is 12.8. The van der Waals surface area contributed by atoms with E-state index in [1.165, 1.54) is 18.4 Å². The maximum atomic E-state index is 11.8. The summed E-state index contributed by atoms with van der Waals surface area (Å²) in [7, 11) is 3.17. The fraction of sp³-hybridized carbons (Fsp3) is 0.438. The average Bonchev–Trinajstić information content (AvgIpc) is 3.19. The van der Waals surface area contributed by atoms with Gasteiger partial charge in [0.15, 0.2) is 0 Å². The number of rotatable bonds is 5. The van der Waals surface area contributed by atoms with Crippen molar-refractivity contribution in [2.75, 3.05) is 7.11 Å². The Kier molecular flexibility index (Phi) is 5.41. The number of esters is 1. The maximum absolute atomic E-state index is 11.8. The first kappa shape index (κ1) is 17.9. The van der Waals surface area contributed by atoms with Gasteiger partial charge in [-0.05, 0) is 6.42 Å². The van der Waals surface area contributed by atoms with Gasteiger partial charge in [0.1, 0.15) is 0 Å². The molecule has 0 spiro atoms. The van der Waals surface area contributed by atoms with Crippen molar-refractivity contribution < 1.29 is 14.3 Å². The van der Waals surface area contributed by atoms with Crippen LogP contribution in [0, 0.1) is 0 Å². The van der Waals surface area contributed by atoms with Gasteiger partial charge in [-0.1, -0.05) is 11.6 Å². The Balaban J connectivity index is 1.71. The van der Waals surface area contributed by atoms with E-state index < -0.39 is 5.97 Å². The van der Waals surface area contributed by atoms with Gasteiger partial charge < -0.3 is 15.4 Å². The van der Waals surface area contributed by atoms with Crippen LogP contribution in [0.4, 0.5) is 0 Å². The number of ether oxygens (including phenoxy) is 1. The highest BCUT2D eigenvalue weighted by molar-refractivity contribution is 7.11. The predicted molar refractivity (Wildman–Crippen MR) is 94.6 cm³/mol. The van der Waals surface area contributed by atoms with Crippen molar-refractivity contribution in [2.45, 2.75) is 31.5 Å². The molecule has 1 aliphatic heterocycles. The first-order valence-corrected chi connectivity index (χ1v) is 9.10. The van der Waals surface area contributed by atoms with Gasteiger partial charge >= 0.3 is 5.97 Å². The molecule has 3 heterocycles. The van der Waals surface area contributed by atoms with Crippen LogP contribution in [0.5, 0.6) is 0 Å². The van der Waals surface area contributed by atoms with Crippen molar-refractivity contribution in [1.82, 2.24) is 20.4 Å². The molecule has 0 aliphatic carbocycles. The van der Waals surface area contributed by atoms with Gasteiger partial charge in [0.05, 0.1) is 29.9 Å². The monoisotopic (exact) mass is 382 g/mol. The van der Waals surface area contributed by atoms with E-state index in [1.807, 2.05) is 13.2 Å². The number of nitrogens with zero attached hydrogens (tertiary/aromatic N) is 2. The smallest absolute Gasteiger partial charge is 0.340 e. The lowest BCUT2D eigenvalue weighted by atomic mass is 9.93. The number of carbonyl (C=O) groups is 2. The van der Waals surface area contributed by atoms with Gasteiger partial charge in [0.2, 0.25) is 5.91 Å². The van der Waals surface area contributed by atoms with Gasteiger partial charge in [0, 0.05) is 48.1 Å². The van der Waals surface area contributed by atoms with Crippen LogP contribution in [0.2, 0.25) is 5.02 Å². The van der Waals surface area contributed by atoms with E-state index in [0.29, 0.717) is 23.6 Å². The van der Waals surface area contributed by atoms with Crippen LogP contribution in [0.15, 0.2) is 17.8 Å². The average molecular weight is 383 g/mol. The van der Waals surface area contributed by atoms with Crippen LogP contribution in [-0.2, 0) is 23.1 Å². The molecule has 7 nitrogen and oxygen atoms in total. The Morgan fingerprint density at radius 1 is 1.60 bits per heavy atom. The Morgan fingerprint density at radius 2 is 2.40 bits per heavy atom. The summed E-state index contributed by atoms with van der Waals surface area (Å²) in [5.41, 5.74) is 1.34. The number of aromatic nitrogens is 2. The number of piperidine rings is 1. The molecule has 9 heteroatoms. The van der Waals surface area contributed by atoms with Gasteiger partial charge in [-0.3, -0.25) is 9.48 Å². The molecule has 0 aromatic carbocycles. The van der Waals surface area contributed by atoms with Gasteiger partial charge in [0.25, 0.3) is 0 Å². The minimum Gasteiger partial charge on any atom is -0.465 e. The molecule has 2 N–H and O–H groups in total. The highest BCUT2D eigenvalue weighted by Crippen LogP contribution is 2.30. The molecule has 1 saturated heterocycles. The van der Waals surface area contributed by atoms with Gasteiger partial charge in [-0.25, -0.2) is 4.79 Å². The zero-order valence-electron chi connectivity index (χ0n) is 13.9. The lowest BCUT2D eigenvalue weighted by Gasteiger charge is -2.32. The second-order valence-corrected chi connectivity index (χ2v) is 7.24. The first-order valence-electron chi connectivity index (χ1n) is 7.85. The molecule has 25 heavy (non-hydrogen) atoms. The molecule has 0 unspecified atom stereocenters. The number of hydrogen-bond donors (Lipinski definition) is 2. The molecule has 0 saturated carbocycles. The van der Waals surface area contributed by atoms with E-state index in [-0.39, 0.29) is 18.0 Å². The molecule has 1 aliphatic rings. The summed E-state index contributed by atoms with van der Waals surface area (Å²) in [6.07, 6.45) is 4.86. The number of amides is 1. The number of carbonyl (C=O) groups excluding carboxylic acids is 2. The Bertz CT molecular complexity index is 788. The van der Waals surface area contributed by atoms with Crippen LogP contribution in [0.1, 0.15) is 39.7 Å². The van der Waals surface area contributed by atoms with Crippen LogP contribution >= 0.6 is 22.9 Å². The van der Waals surface area contributed by atoms with Crippen LogP contribution in [0.3, 0.4) is 0 Å². The fourth-order valence-corrected chi connectivity index (χ4v) is 4.16. The molecule has 1 amide bonds. The van der Waals surface area contributed by atoms with Gasteiger partial charge in [-0.15, -0.1) is 11.3 Å². The molecule has 3 rings (SSSR count). The standard InChI is InChI=1S/C16H19ClN4O3S/c1-21-7-9(5-19-21)15-11(3-4-13(22)20-15)18-6-12-14(17)10(8-25-12)16(23)24-2/h5,7-8,11,15,18H,3-4,6H2,1-2H3,(H,20,22)/t11-,15+/m1/s1. The molecule has 0 radical (unpaired) electrons. The van der Waals surface area contributed by atoms with Crippen molar-refractivity contribution in [2.24, 2.45) is 7.05 Å². The van der Waals surface area contributed by atoms with E-state index in [9.17, 15) is 9.59 Å². The lowest BCUT2D eigenvalue weighted by Crippen LogP contribution is -2.48. The predicted octanol–water partition coefficient (Wildman–Crippen LogP) is 2.03. The number of methoxy groups -OCH3 is 1. The topological polar surface area (TPSA) is 85.2 Å². The number of halogens is 1. The Morgan fingerprint density at radius 3 is 3.08 bits per heavy atom. The van der Waals surface area contributed by atoms with Gasteiger partial charge in [-0.2, -0.15) is 5.10 Å². The SMILES string of the molecule is COC(=O)c1csc(CN[C@@H]2CCC(=O)N[C@H]2c2cnn(C)c2)c1Cl. The summed E-state index contributed by atoms with van der Waals surface area (Å²) in [6, 6.07) is -0.0876. The number of aryl methyl sites for hydroxylation is 1. The molecule has 0 bridgehead atoms. The third-order valence-electron chi connectivity index (χ3n) is 4.22. The summed E-state index contributed by atoms with van der Waals surface area (Å²) in [4.78, 5) is 24.3. The largest absolute Gasteiger partial charge is 0.465 e. The summed E-state index contributed by atoms with van der Waals surface area (Å²) in [6.45, 7) is 0.512. The number of nitrogens with one attached hydrogen (secondary N) is 2. The van der Waals surface area contributed by atoms with E-state index in [4.69, 9.17) is 16.3 Å². The van der Waals surface area contributed by atoms with Crippen molar-refractivity contribution in [3.05, 3.63) is 38.8 Å². The zero-order valence-corrected chi connectivity index (χ0v) is 15.5. The first-order chi connectivity index (χ1) is 12.0. The second-order valence-electron chi connectivity index (χ2n) is 5.90. The maximum Gasteiger partial charge on any atom is 0.340 e. The highest BCUT2D eigenvalue weighted by Gasteiger charge is 2.30. The molecule has 2 atom stereocenters. The second kappa shape index (κ2) is 7.55. The third kappa shape index (κ3) is 3.86. The zero-order chi connectivity index (χ0) is 18.0. The fourth-order valence-electron chi connectivity index (χ4n) is 2.91. The normalized spacial score (nSPS) is 20.4. The van der Waals surface area contributed by atoms with Crippen LogP contribution in [0.25, 0.3) is 0 Å². The van der Waals surface area contributed by atoms with Crippen molar-refractivity contribution in [3.8, 4) is 0 Å². The Labute approximate surface area is 154 Å². The molecular weight excluding hydrogens is 364 g/mol.